The highest BCUT2D eigenvalue weighted by Crippen LogP contribution is 2.27. The van der Waals surface area contributed by atoms with E-state index in [4.69, 9.17) is 5.11 Å². The van der Waals surface area contributed by atoms with Gasteiger partial charge in [-0.2, -0.15) is 0 Å². The van der Waals surface area contributed by atoms with Crippen molar-refractivity contribution >= 4 is 17.6 Å². The summed E-state index contributed by atoms with van der Waals surface area (Å²) in [5.41, 5.74) is 2.30. The van der Waals surface area contributed by atoms with E-state index in [1.54, 1.807) is 0 Å². The summed E-state index contributed by atoms with van der Waals surface area (Å²) in [5.74, 6) is -0.550. The zero-order valence-electron chi connectivity index (χ0n) is 11.9. The normalized spacial score (nSPS) is 24.3. The van der Waals surface area contributed by atoms with Crippen molar-refractivity contribution in [1.82, 2.24) is 4.90 Å². The van der Waals surface area contributed by atoms with Crippen LogP contribution < -0.4 is 5.32 Å². The third-order valence-electron chi connectivity index (χ3n) is 4.43. The van der Waals surface area contributed by atoms with E-state index in [2.05, 4.69) is 11.4 Å². The molecular formula is C16H20N2O3. The Morgan fingerprint density at radius 2 is 2.14 bits per heavy atom. The van der Waals surface area contributed by atoms with Crippen LogP contribution >= 0.6 is 0 Å². The maximum atomic E-state index is 12.6. The fraction of sp³-hybridized carbons (Fsp3) is 0.500. The second kappa shape index (κ2) is 5.76. The Labute approximate surface area is 123 Å². The van der Waals surface area contributed by atoms with Gasteiger partial charge in [0.1, 0.15) is 0 Å². The summed E-state index contributed by atoms with van der Waals surface area (Å²) in [6.45, 7) is 1.94. The molecule has 0 saturated carbocycles. The van der Waals surface area contributed by atoms with Gasteiger partial charge in [-0.15, -0.1) is 0 Å². The summed E-state index contributed by atoms with van der Waals surface area (Å²) in [6.07, 6.45) is 1.73. The Kier molecular flexibility index (Phi) is 3.82. The number of carbonyl (C=O) groups excluding carboxylic acids is 1. The first kappa shape index (κ1) is 13.9. The fourth-order valence-corrected chi connectivity index (χ4v) is 3.32. The Hall–Kier alpha value is -2.04. The lowest BCUT2D eigenvalue weighted by atomic mass is 9.93. The molecule has 0 aliphatic carbocycles. The van der Waals surface area contributed by atoms with Gasteiger partial charge >= 0.3 is 5.97 Å². The molecule has 2 aliphatic rings. The molecule has 2 atom stereocenters. The molecule has 3 rings (SSSR count). The van der Waals surface area contributed by atoms with Gasteiger partial charge in [-0.1, -0.05) is 18.2 Å². The molecule has 0 bridgehead atoms. The van der Waals surface area contributed by atoms with Gasteiger partial charge in [0.15, 0.2) is 0 Å². The smallest absolute Gasteiger partial charge is 0.303 e. The van der Waals surface area contributed by atoms with Crippen LogP contribution in [0.4, 0.5) is 5.69 Å². The average molecular weight is 288 g/mol. The van der Waals surface area contributed by atoms with Gasteiger partial charge in [0.2, 0.25) is 5.91 Å². The first-order valence-corrected chi connectivity index (χ1v) is 7.46. The molecular weight excluding hydrogens is 268 g/mol. The zero-order valence-corrected chi connectivity index (χ0v) is 11.9. The molecule has 1 amide bonds. The van der Waals surface area contributed by atoms with Gasteiger partial charge in [0.25, 0.3) is 0 Å². The molecule has 0 spiro atoms. The molecule has 1 fully saturated rings. The number of nitrogens with one attached hydrogen (secondary N) is 1. The summed E-state index contributed by atoms with van der Waals surface area (Å²) in [4.78, 5) is 25.2. The van der Waals surface area contributed by atoms with Crippen molar-refractivity contribution in [3.8, 4) is 0 Å². The van der Waals surface area contributed by atoms with Gasteiger partial charge in [-0.25, -0.2) is 0 Å². The SMILES string of the molecule is O=C(O)CC1CCN(C(=O)C2CNc3ccccc3C2)C1. The van der Waals surface area contributed by atoms with Crippen molar-refractivity contribution in [2.45, 2.75) is 19.3 Å². The van der Waals surface area contributed by atoms with Crippen LogP contribution in [0.3, 0.4) is 0 Å². The Morgan fingerprint density at radius 1 is 1.33 bits per heavy atom. The molecule has 5 nitrogen and oxygen atoms in total. The van der Waals surface area contributed by atoms with E-state index in [0.717, 1.165) is 18.5 Å². The summed E-state index contributed by atoms with van der Waals surface area (Å²) in [7, 11) is 0. The minimum Gasteiger partial charge on any atom is -0.481 e. The monoisotopic (exact) mass is 288 g/mol. The van der Waals surface area contributed by atoms with Crippen LogP contribution in [0.15, 0.2) is 24.3 Å². The lowest BCUT2D eigenvalue weighted by Gasteiger charge is -2.28. The zero-order chi connectivity index (χ0) is 14.8. The van der Waals surface area contributed by atoms with Crippen LogP contribution in [-0.2, 0) is 16.0 Å². The number of hydrogen-bond acceptors (Lipinski definition) is 3. The third kappa shape index (κ3) is 3.01. The maximum absolute atomic E-state index is 12.6. The van der Waals surface area contributed by atoms with Crippen molar-refractivity contribution < 1.29 is 14.7 Å². The summed E-state index contributed by atoms with van der Waals surface area (Å²) in [6, 6.07) is 8.07. The number of hydrogen-bond donors (Lipinski definition) is 2. The molecule has 0 radical (unpaired) electrons. The molecule has 2 unspecified atom stereocenters. The Bertz CT molecular complexity index is 558. The third-order valence-corrected chi connectivity index (χ3v) is 4.43. The van der Waals surface area contributed by atoms with Gasteiger partial charge in [0, 0.05) is 31.7 Å². The van der Waals surface area contributed by atoms with Crippen LogP contribution in [0.1, 0.15) is 18.4 Å². The van der Waals surface area contributed by atoms with Crippen molar-refractivity contribution in [2.24, 2.45) is 11.8 Å². The van der Waals surface area contributed by atoms with E-state index in [-0.39, 0.29) is 24.2 Å². The molecule has 0 aromatic heterocycles. The average Bonchev–Trinajstić information content (AvgIpc) is 2.93. The number of aliphatic carboxylic acids is 1. The largest absolute Gasteiger partial charge is 0.481 e. The number of fused-ring (bicyclic) bond motifs is 1. The minimum absolute atomic E-state index is 0.0384. The minimum atomic E-state index is -0.775. The highest BCUT2D eigenvalue weighted by atomic mass is 16.4. The van der Waals surface area contributed by atoms with Gasteiger partial charge in [-0.3, -0.25) is 9.59 Å². The summed E-state index contributed by atoms with van der Waals surface area (Å²) < 4.78 is 0. The number of rotatable bonds is 3. The van der Waals surface area contributed by atoms with E-state index in [9.17, 15) is 9.59 Å². The molecule has 1 saturated heterocycles. The van der Waals surface area contributed by atoms with Crippen LogP contribution in [0, 0.1) is 11.8 Å². The number of benzene rings is 1. The number of carboxylic acids is 1. The molecule has 112 valence electrons. The number of nitrogens with zero attached hydrogens (tertiary/aromatic N) is 1. The number of likely N-dealkylation sites (tertiary alicyclic amines) is 1. The number of amides is 1. The van der Waals surface area contributed by atoms with E-state index in [0.29, 0.717) is 19.6 Å². The van der Waals surface area contributed by atoms with E-state index in [1.807, 2.05) is 23.1 Å². The van der Waals surface area contributed by atoms with Crippen molar-refractivity contribution in [3.63, 3.8) is 0 Å². The Balaban J connectivity index is 1.61. The fourth-order valence-electron chi connectivity index (χ4n) is 3.32. The molecule has 21 heavy (non-hydrogen) atoms. The Morgan fingerprint density at radius 3 is 2.95 bits per heavy atom. The van der Waals surface area contributed by atoms with Gasteiger partial charge < -0.3 is 15.3 Å². The summed E-state index contributed by atoms with van der Waals surface area (Å²) in [5, 5.41) is 12.2. The van der Waals surface area contributed by atoms with Gasteiger partial charge in [-0.05, 0) is 30.4 Å². The number of anilines is 1. The van der Waals surface area contributed by atoms with E-state index < -0.39 is 5.97 Å². The molecule has 2 N–H and O–H groups in total. The summed E-state index contributed by atoms with van der Waals surface area (Å²) >= 11 is 0. The molecule has 1 aromatic rings. The van der Waals surface area contributed by atoms with Crippen molar-refractivity contribution in [1.29, 1.82) is 0 Å². The molecule has 2 aliphatic heterocycles. The van der Waals surface area contributed by atoms with Gasteiger partial charge in [0.05, 0.1) is 5.92 Å². The molecule has 5 heteroatoms. The maximum Gasteiger partial charge on any atom is 0.303 e. The number of carboxylic acid groups (broad SMARTS) is 1. The quantitative estimate of drug-likeness (QED) is 0.886. The van der Waals surface area contributed by atoms with E-state index >= 15 is 0 Å². The molecule has 1 aromatic carbocycles. The lowest BCUT2D eigenvalue weighted by Crippen LogP contribution is -2.40. The standard InChI is InChI=1S/C16H20N2O3/c19-15(20)7-11-5-6-18(10-11)16(21)13-8-12-3-1-2-4-14(12)17-9-13/h1-4,11,13,17H,5-10H2,(H,19,20). The number of para-hydroxylation sites is 1. The highest BCUT2D eigenvalue weighted by molar-refractivity contribution is 5.81. The van der Waals surface area contributed by atoms with Crippen LogP contribution in [0.25, 0.3) is 0 Å². The topological polar surface area (TPSA) is 69.6 Å². The van der Waals surface area contributed by atoms with Crippen LogP contribution in [0.5, 0.6) is 0 Å². The van der Waals surface area contributed by atoms with E-state index in [1.165, 1.54) is 5.56 Å². The highest BCUT2D eigenvalue weighted by Gasteiger charge is 2.33. The second-order valence-electron chi connectivity index (χ2n) is 5.98. The number of carbonyl (C=O) groups is 2. The second-order valence-corrected chi connectivity index (χ2v) is 5.98. The van der Waals surface area contributed by atoms with Crippen LogP contribution in [-0.4, -0.2) is 41.5 Å². The molecule has 2 heterocycles. The predicted molar refractivity (Wildman–Crippen MR) is 79.1 cm³/mol. The van der Waals surface area contributed by atoms with Crippen LogP contribution in [0.2, 0.25) is 0 Å². The first-order chi connectivity index (χ1) is 10.1. The van der Waals surface area contributed by atoms with Crippen molar-refractivity contribution in [2.75, 3.05) is 25.0 Å². The predicted octanol–water partition coefficient (Wildman–Crippen LogP) is 1.59. The first-order valence-electron chi connectivity index (χ1n) is 7.46. The van der Waals surface area contributed by atoms with Crippen molar-refractivity contribution in [3.05, 3.63) is 29.8 Å². The lowest BCUT2D eigenvalue weighted by molar-refractivity contribution is -0.139.